The van der Waals surface area contributed by atoms with Crippen LogP contribution in [0.1, 0.15) is 0 Å². The number of fused-ring (bicyclic) bond motifs is 1. The summed E-state index contributed by atoms with van der Waals surface area (Å²) in [7, 11) is 0. The fourth-order valence-electron chi connectivity index (χ4n) is 1.24. The molecule has 1 aromatic heterocycles. The van der Waals surface area contributed by atoms with E-state index >= 15 is 0 Å². The van der Waals surface area contributed by atoms with E-state index in [1.807, 2.05) is 24.3 Å². The highest BCUT2D eigenvalue weighted by atomic mass is 35.6. The highest BCUT2D eigenvalue weighted by Crippen LogP contribution is 2.40. The molecule has 16 heavy (non-hydrogen) atoms. The number of rotatable bonds is 2. The van der Waals surface area contributed by atoms with Gasteiger partial charge in [0, 0.05) is 11.6 Å². The van der Waals surface area contributed by atoms with Crippen LogP contribution in [-0.2, 0) is 0 Å². The van der Waals surface area contributed by atoms with Crippen LogP contribution in [0.25, 0.3) is 10.9 Å². The zero-order valence-corrected chi connectivity index (χ0v) is 10.9. The monoisotopic (exact) mass is 293 g/mol. The Labute approximate surface area is 112 Å². The fraction of sp³-hybridized carbons (Fsp3) is 0.100. The van der Waals surface area contributed by atoms with E-state index in [4.69, 9.17) is 39.0 Å². The molecule has 0 saturated carbocycles. The molecule has 0 N–H and O–H groups in total. The largest absolute Gasteiger partial charge is 0.419 e. The molecule has 0 aliphatic heterocycles. The third kappa shape index (κ3) is 3.08. The summed E-state index contributed by atoms with van der Waals surface area (Å²) in [6.45, 7) is 0. The number of hydrogen-bond acceptors (Lipinski definition) is 3. The molecule has 0 fully saturated rings. The molecule has 0 atom stereocenters. The Morgan fingerprint density at radius 1 is 1.12 bits per heavy atom. The number of nitrogens with zero attached hydrogens (tertiary/aromatic N) is 1. The number of para-hydroxylation sites is 1. The van der Waals surface area contributed by atoms with E-state index in [2.05, 4.69) is 4.98 Å². The van der Waals surface area contributed by atoms with Crippen LogP contribution in [0.15, 0.2) is 36.5 Å². The van der Waals surface area contributed by atoms with Crippen molar-refractivity contribution in [3.05, 3.63) is 36.5 Å². The maximum atomic E-state index is 5.58. The molecule has 0 saturated heterocycles. The van der Waals surface area contributed by atoms with Gasteiger partial charge in [-0.05, 0) is 12.1 Å². The summed E-state index contributed by atoms with van der Waals surface area (Å²) in [5.74, 6) is 0.578. The van der Waals surface area contributed by atoms with Gasteiger partial charge in [0.1, 0.15) is 17.6 Å². The lowest BCUT2D eigenvalue weighted by Crippen LogP contribution is -1.98. The van der Waals surface area contributed by atoms with Crippen molar-refractivity contribution in [2.75, 3.05) is 0 Å². The van der Waals surface area contributed by atoms with Crippen molar-refractivity contribution in [1.29, 1.82) is 0 Å². The minimum absolute atomic E-state index is 0.578. The summed E-state index contributed by atoms with van der Waals surface area (Å²) in [5, 5.41) is 0.977. The Balaban J connectivity index is 2.30. The second-order valence-electron chi connectivity index (χ2n) is 2.94. The van der Waals surface area contributed by atoms with Crippen LogP contribution in [0.2, 0.25) is 0 Å². The summed E-state index contributed by atoms with van der Waals surface area (Å²) >= 11 is 17.5. The normalized spacial score (nSPS) is 11.7. The average Bonchev–Trinajstić information content (AvgIpc) is 2.25. The third-order valence-corrected chi connectivity index (χ3v) is 2.84. The molecule has 1 heterocycles. The van der Waals surface area contributed by atoms with E-state index in [1.165, 1.54) is 0 Å². The summed E-state index contributed by atoms with van der Waals surface area (Å²) in [4.78, 5) is 4.21. The average molecular weight is 295 g/mol. The smallest absolute Gasteiger partial charge is 0.274 e. The van der Waals surface area contributed by atoms with Crippen LogP contribution < -0.4 is 4.18 Å². The lowest BCUT2D eigenvalue weighted by molar-refractivity contribution is 0.652. The van der Waals surface area contributed by atoms with Crippen molar-refractivity contribution in [2.45, 2.75) is 3.12 Å². The van der Waals surface area contributed by atoms with Crippen LogP contribution in [0.5, 0.6) is 5.75 Å². The number of hydrogen-bond donors (Lipinski definition) is 0. The molecular weight excluding hydrogens is 289 g/mol. The molecule has 0 amide bonds. The second kappa shape index (κ2) is 4.88. The number of benzene rings is 1. The number of halogens is 3. The SMILES string of the molecule is ClC(Cl)(Cl)SOc1cccc2cccnc12. The maximum Gasteiger partial charge on any atom is 0.274 e. The summed E-state index contributed by atoms with van der Waals surface area (Å²) < 4.78 is 3.84. The summed E-state index contributed by atoms with van der Waals surface area (Å²) in [5.41, 5.74) is 0.742. The minimum atomic E-state index is -1.50. The standard InChI is InChI=1S/C10H6Cl3NOS/c11-10(12,13)16-15-8-5-1-3-7-4-2-6-14-9(7)8/h1-6H. The number of alkyl halides is 3. The van der Waals surface area contributed by atoms with Gasteiger partial charge in [-0.1, -0.05) is 53.0 Å². The Morgan fingerprint density at radius 2 is 1.88 bits per heavy atom. The molecule has 1 aromatic carbocycles. The molecule has 0 bridgehead atoms. The van der Waals surface area contributed by atoms with E-state index in [0.29, 0.717) is 5.75 Å². The molecule has 2 rings (SSSR count). The van der Waals surface area contributed by atoms with Gasteiger partial charge < -0.3 is 4.18 Å². The van der Waals surface area contributed by atoms with Crippen molar-refractivity contribution in [3.63, 3.8) is 0 Å². The Bertz CT molecular complexity index is 495. The first-order valence-electron chi connectivity index (χ1n) is 4.32. The first kappa shape index (κ1) is 12.1. The molecule has 0 aliphatic carbocycles. The van der Waals surface area contributed by atoms with Gasteiger partial charge in [0.15, 0.2) is 5.75 Å². The van der Waals surface area contributed by atoms with Gasteiger partial charge in [0.05, 0.1) is 0 Å². The van der Waals surface area contributed by atoms with Crippen molar-refractivity contribution in [1.82, 2.24) is 4.98 Å². The van der Waals surface area contributed by atoms with Crippen LogP contribution >= 0.6 is 46.8 Å². The van der Waals surface area contributed by atoms with Crippen molar-refractivity contribution < 1.29 is 4.18 Å². The van der Waals surface area contributed by atoms with Crippen LogP contribution in [-0.4, -0.2) is 8.11 Å². The lowest BCUT2D eigenvalue weighted by Gasteiger charge is -2.11. The van der Waals surface area contributed by atoms with Gasteiger partial charge in [0.25, 0.3) is 3.12 Å². The fourth-order valence-corrected chi connectivity index (χ4v) is 1.84. The van der Waals surface area contributed by atoms with Gasteiger partial charge >= 0.3 is 0 Å². The predicted octanol–water partition coefficient (Wildman–Crippen LogP) is 4.59. The van der Waals surface area contributed by atoms with Gasteiger partial charge in [-0.3, -0.25) is 4.98 Å². The van der Waals surface area contributed by atoms with Gasteiger partial charge in [-0.15, -0.1) is 0 Å². The predicted molar refractivity (Wildman–Crippen MR) is 70.3 cm³/mol. The Hall–Kier alpha value is -0.350. The van der Waals surface area contributed by atoms with E-state index < -0.39 is 3.12 Å². The summed E-state index contributed by atoms with van der Waals surface area (Å²) in [6.07, 6.45) is 1.69. The summed E-state index contributed by atoms with van der Waals surface area (Å²) in [6, 6.07) is 9.37. The molecule has 0 unspecified atom stereocenters. The van der Waals surface area contributed by atoms with Gasteiger partial charge in [-0.2, -0.15) is 0 Å². The van der Waals surface area contributed by atoms with Gasteiger partial charge in [-0.25, -0.2) is 0 Å². The van der Waals surface area contributed by atoms with Crippen molar-refractivity contribution in [3.8, 4) is 5.75 Å². The molecule has 2 aromatic rings. The maximum absolute atomic E-state index is 5.58. The topological polar surface area (TPSA) is 22.1 Å². The first-order valence-corrected chi connectivity index (χ1v) is 6.20. The van der Waals surface area contributed by atoms with E-state index in [9.17, 15) is 0 Å². The van der Waals surface area contributed by atoms with E-state index in [-0.39, 0.29) is 0 Å². The molecule has 0 spiro atoms. The zero-order chi connectivity index (χ0) is 11.6. The van der Waals surface area contributed by atoms with Crippen LogP contribution in [0, 0.1) is 0 Å². The number of aromatic nitrogens is 1. The van der Waals surface area contributed by atoms with Crippen LogP contribution in [0.4, 0.5) is 0 Å². The molecule has 6 heteroatoms. The first-order chi connectivity index (χ1) is 7.56. The molecule has 2 nitrogen and oxygen atoms in total. The lowest BCUT2D eigenvalue weighted by atomic mass is 10.2. The Kier molecular flexibility index (Phi) is 3.70. The Morgan fingerprint density at radius 3 is 2.62 bits per heavy atom. The quantitative estimate of drug-likeness (QED) is 0.597. The van der Waals surface area contributed by atoms with E-state index in [0.717, 1.165) is 22.9 Å². The van der Waals surface area contributed by atoms with Crippen LogP contribution in [0.3, 0.4) is 0 Å². The second-order valence-corrected chi connectivity index (χ2v) is 6.84. The van der Waals surface area contributed by atoms with E-state index in [1.54, 1.807) is 12.3 Å². The molecule has 84 valence electrons. The zero-order valence-electron chi connectivity index (χ0n) is 7.86. The van der Waals surface area contributed by atoms with Crippen molar-refractivity contribution in [2.24, 2.45) is 0 Å². The highest BCUT2D eigenvalue weighted by Gasteiger charge is 2.23. The molecule has 0 radical (unpaired) electrons. The molecular formula is C10H6Cl3NOS. The number of pyridine rings is 1. The highest BCUT2D eigenvalue weighted by molar-refractivity contribution is 8.00. The third-order valence-electron chi connectivity index (χ3n) is 1.82. The minimum Gasteiger partial charge on any atom is -0.419 e. The molecule has 0 aliphatic rings. The van der Waals surface area contributed by atoms with Gasteiger partial charge in [0.2, 0.25) is 0 Å². The van der Waals surface area contributed by atoms with Crippen molar-refractivity contribution >= 4 is 57.7 Å².